The summed E-state index contributed by atoms with van der Waals surface area (Å²) in [6.45, 7) is 2.15. The lowest BCUT2D eigenvalue weighted by molar-refractivity contribution is 0.174. The van der Waals surface area contributed by atoms with Gasteiger partial charge in [0, 0.05) is 6.42 Å². The molecule has 1 aliphatic heterocycles. The molecule has 4 heteroatoms. The van der Waals surface area contributed by atoms with Crippen LogP contribution >= 0.6 is 0 Å². The predicted molar refractivity (Wildman–Crippen MR) is 64.0 cm³/mol. The van der Waals surface area contributed by atoms with E-state index in [0.29, 0.717) is 13.2 Å². The lowest BCUT2D eigenvalue weighted by atomic mass is 10.1. The van der Waals surface area contributed by atoms with E-state index in [2.05, 4.69) is 17.5 Å². The van der Waals surface area contributed by atoms with E-state index in [9.17, 15) is 0 Å². The Balaban J connectivity index is 1.71. The Bertz CT molecular complexity index is 412. The molecule has 0 saturated carbocycles. The molecule has 1 heterocycles. The average molecular weight is 232 g/mol. The van der Waals surface area contributed by atoms with Crippen molar-refractivity contribution in [3.05, 3.63) is 23.8 Å². The zero-order chi connectivity index (χ0) is 11.9. The number of rotatable bonds is 6. The molecular formula is C13H16N2O2. The molecule has 90 valence electrons. The minimum absolute atomic E-state index is 0.325. The Kier molecular flexibility index (Phi) is 4.23. The second-order valence-corrected chi connectivity index (χ2v) is 3.95. The SMILES string of the molecule is N#CCCCNCCc1ccc2c(c1)OCO2. The number of nitriles is 1. The molecule has 4 nitrogen and oxygen atoms in total. The van der Waals surface area contributed by atoms with Crippen LogP contribution in [0.25, 0.3) is 0 Å². The van der Waals surface area contributed by atoms with Crippen LogP contribution in [0.4, 0.5) is 0 Å². The van der Waals surface area contributed by atoms with Crippen LogP contribution in [0.1, 0.15) is 18.4 Å². The van der Waals surface area contributed by atoms with Crippen molar-refractivity contribution in [2.75, 3.05) is 19.9 Å². The fourth-order valence-corrected chi connectivity index (χ4v) is 1.75. The maximum absolute atomic E-state index is 8.39. The van der Waals surface area contributed by atoms with Gasteiger partial charge in [0.1, 0.15) is 0 Å². The molecule has 0 saturated heterocycles. The molecule has 0 fully saturated rings. The second kappa shape index (κ2) is 6.12. The van der Waals surface area contributed by atoms with E-state index in [1.807, 2.05) is 12.1 Å². The van der Waals surface area contributed by atoms with Gasteiger partial charge in [-0.2, -0.15) is 5.26 Å². The van der Waals surface area contributed by atoms with Gasteiger partial charge in [0.15, 0.2) is 11.5 Å². The van der Waals surface area contributed by atoms with Crippen molar-refractivity contribution in [1.29, 1.82) is 5.26 Å². The van der Waals surface area contributed by atoms with Gasteiger partial charge in [-0.15, -0.1) is 0 Å². The third-order valence-corrected chi connectivity index (χ3v) is 2.67. The molecule has 0 unspecified atom stereocenters. The highest BCUT2D eigenvalue weighted by Gasteiger charge is 2.12. The molecule has 0 aliphatic carbocycles. The number of fused-ring (bicyclic) bond motifs is 1. The Morgan fingerprint density at radius 1 is 1.24 bits per heavy atom. The first-order chi connectivity index (χ1) is 8.40. The fraction of sp³-hybridized carbons (Fsp3) is 0.462. The van der Waals surface area contributed by atoms with Crippen molar-refractivity contribution >= 4 is 0 Å². The minimum Gasteiger partial charge on any atom is -0.454 e. The minimum atomic E-state index is 0.325. The van der Waals surface area contributed by atoms with Crippen LogP contribution in [-0.2, 0) is 6.42 Å². The summed E-state index contributed by atoms with van der Waals surface area (Å²) in [7, 11) is 0. The monoisotopic (exact) mass is 232 g/mol. The van der Waals surface area contributed by atoms with Gasteiger partial charge in [-0.25, -0.2) is 0 Å². The lowest BCUT2D eigenvalue weighted by Gasteiger charge is -2.04. The topological polar surface area (TPSA) is 54.3 Å². The summed E-state index contributed by atoms with van der Waals surface area (Å²) in [5, 5.41) is 11.7. The van der Waals surface area contributed by atoms with Gasteiger partial charge in [-0.3, -0.25) is 0 Å². The molecule has 0 spiro atoms. The number of nitrogens with zero attached hydrogens (tertiary/aromatic N) is 1. The zero-order valence-corrected chi connectivity index (χ0v) is 9.74. The van der Waals surface area contributed by atoms with Gasteiger partial charge in [-0.1, -0.05) is 6.07 Å². The molecule has 0 amide bonds. The molecule has 0 atom stereocenters. The predicted octanol–water partition coefficient (Wildman–Crippen LogP) is 1.85. The Hall–Kier alpha value is -1.73. The average Bonchev–Trinajstić information content (AvgIpc) is 2.81. The maximum atomic E-state index is 8.39. The van der Waals surface area contributed by atoms with Crippen LogP contribution in [0.2, 0.25) is 0 Å². The summed E-state index contributed by atoms with van der Waals surface area (Å²) >= 11 is 0. The van der Waals surface area contributed by atoms with E-state index in [1.54, 1.807) is 0 Å². The highest BCUT2D eigenvalue weighted by atomic mass is 16.7. The van der Waals surface area contributed by atoms with Crippen LogP contribution < -0.4 is 14.8 Å². The van der Waals surface area contributed by atoms with Crippen molar-refractivity contribution < 1.29 is 9.47 Å². The Morgan fingerprint density at radius 3 is 3.00 bits per heavy atom. The first kappa shape index (κ1) is 11.7. The summed E-state index contributed by atoms with van der Waals surface area (Å²) < 4.78 is 10.6. The van der Waals surface area contributed by atoms with Gasteiger partial charge in [0.2, 0.25) is 6.79 Å². The van der Waals surface area contributed by atoms with Crippen molar-refractivity contribution in [2.45, 2.75) is 19.3 Å². The van der Waals surface area contributed by atoms with Gasteiger partial charge in [-0.05, 0) is 43.6 Å². The summed E-state index contributed by atoms with van der Waals surface area (Å²) in [5.74, 6) is 1.67. The molecule has 1 aromatic carbocycles. The quantitative estimate of drug-likeness (QED) is 0.760. The number of unbranched alkanes of at least 4 members (excludes halogenated alkanes) is 1. The number of benzene rings is 1. The molecule has 1 aromatic rings. The Labute approximate surface area is 101 Å². The smallest absolute Gasteiger partial charge is 0.231 e. The van der Waals surface area contributed by atoms with E-state index in [1.165, 1.54) is 5.56 Å². The zero-order valence-electron chi connectivity index (χ0n) is 9.74. The summed E-state index contributed by atoms with van der Waals surface area (Å²) in [6.07, 6.45) is 2.50. The molecule has 1 aliphatic rings. The lowest BCUT2D eigenvalue weighted by Crippen LogP contribution is -2.18. The highest BCUT2D eigenvalue weighted by molar-refractivity contribution is 5.44. The fourth-order valence-electron chi connectivity index (χ4n) is 1.75. The molecule has 0 radical (unpaired) electrons. The van der Waals surface area contributed by atoms with E-state index in [0.717, 1.165) is 37.4 Å². The van der Waals surface area contributed by atoms with Crippen LogP contribution in [-0.4, -0.2) is 19.9 Å². The second-order valence-electron chi connectivity index (χ2n) is 3.95. The maximum Gasteiger partial charge on any atom is 0.231 e. The summed E-state index contributed by atoms with van der Waals surface area (Å²) in [5.41, 5.74) is 1.24. The van der Waals surface area contributed by atoms with E-state index in [4.69, 9.17) is 14.7 Å². The van der Waals surface area contributed by atoms with Crippen molar-refractivity contribution in [3.8, 4) is 17.6 Å². The third-order valence-electron chi connectivity index (χ3n) is 2.67. The van der Waals surface area contributed by atoms with Gasteiger partial charge >= 0.3 is 0 Å². The van der Waals surface area contributed by atoms with Gasteiger partial charge in [0.25, 0.3) is 0 Å². The third kappa shape index (κ3) is 3.36. The standard InChI is InChI=1S/C13H16N2O2/c14-6-1-2-7-15-8-5-11-3-4-12-13(9-11)17-10-16-12/h3-4,9,15H,1-2,5,7-8,10H2. The number of nitrogens with one attached hydrogen (secondary N) is 1. The largest absolute Gasteiger partial charge is 0.454 e. The molecular weight excluding hydrogens is 216 g/mol. The summed E-state index contributed by atoms with van der Waals surface area (Å²) in [6, 6.07) is 8.17. The first-order valence-corrected chi connectivity index (χ1v) is 5.86. The van der Waals surface area contributed by atoms with Crippen LogP contribution in [0.15, 0.2) is 18.2 Å². The number of hydrogen-bond donors (Lipinski definition) is 1. The van der Waals surface area contributed by atoms with Crippen molar-refractivity contribution in [1.82, 2.24) is 5.32 Å². The van der Waals surface area contributed by atoms with Crippen molar-refractivity contribution in [3.63, 3.8) is 0 Å². The van der Waals surface area contributed by atoms with Crippen molar-refractivity contribution in [2.24, 2.45) is 0 Å². The van der Waals surface area contributed by atoms with Gasteiger partial charge < -0.3 is 14.8 Å². The number of ether oxygens (including phenoxy) is 2. The molecule has 1 N–H and O–H groups in total. The molecule has 17 heavy (non-hydrogen) atoms. The molecule has 2 rings (SSSR count). The van der Waals surface area contributed by atoms with E-state index in [-0.39, 0.29) is 0 Å². The van der Waals surface area contributed by atoms with Gasteiger partial charge in [0.05, 0.1) is 6.07 Å². The first-order valence-electron chi connectivity index (χ1n) is 5.86. The number of hydrogen-bond acceptors (Lipinski definition) is 4. The Morgan fingerprint density at radius 2 is 2.12 bits per heavy atom. The van der Waals surface area contributed by atoms with Crippen LogP contribution in [0.5, 0.6) is 11.5 Å². The molecule has 0 aromatic heterocycles. The normalized spacial score (nSPS) is 12.4. The molecule has 0 bridgehead atoms. The summed E-state index contributed by atoms with van der Waals surface area (Å²) in [4.78, 5) is 0. The van der Waals surface area contributed by atoms with E-state index < -0.39 is 0 Å². The highest BCUT2D eigenvalue weighted by Crippen LogP contribution is 2.32. The van der Waals surface area contributed by atoms with Crippen LogP contribution in [0, 0.1) is 11.3 Å². The van der Waals surface area contributed by atoms with Crippen LogP contribution in [0.3, 0.4) is 0 Å². The van der Waals surface area contributed by atoms with E-state index >= 15 is 0 Å².